The Morgan fingerprint density at radius 1 is 0.933 bits per heavy atom. The minimum absolute atomic E-state index is 0.183. The van der Waals surface area contributed by atoms with E-state index in [1.165, 1.54) is 11.8 Å². The molecule has 4 nitrogen and oxygen atoms in total. The molecule has 8 heteroatoms. The van der Waals surface area contributed by atoms with Crippen molar-refractivity contribution in [1.82, 2.24) is 0 Å². The van der Waals surface area contributed by atoms with Crippen molar-refractivity contribution in [1.29, 1.82) is 0 Å². The van der Waals surface area contributed by atoms with E-state index in [0.717, 1.165) is 4.90 Å². The van der Waals surface area contributed by atoms with Gasteiger partial charge in [-0.15, -0.1) is 11.8 Å². The minimum Gasteiger partial charge on any atom is -0.444 e. The van der Waals surface area contributed by atoms with Gasteiger partial charge in [0, 0.05) is 26.2 Å². The Labute approximate surface area is 193 Å². The van der Waals surface area contributed by atoms with Gasteiger partial charge in [-0.2, -0.15) is 0 Å². The Morgan fingerprint density at radius 3 is 2.23 bits per heavy atom. The molecule has 3 aromatic carbocycles. The van der Waals surface area contributed by atoms with Crippen LogP contribution in [-0.2, 0) is 9.53 Å². The van der Waals surface area contributed by atoms with E-state index >= 15 is 0 Å². The topological polar surface area (TPSA) is 55.4 Å². The fourth-order valence-corrected chi connectivity index (χ4v) is 3.85. The second kappa shape index (κ2) is 10.2. The van der Waals surface area contributed by atoms with Crippen molar-refractivity contribution in [3.05, 3.63) is 92.9 Å². The summed E-state index contributed by atoms with van der Waals surface area (Å²) in [5.74, 6) is -1.26. The first-order valence-corrected chi connectivity index (χ1v) is 11.1. The van der Waals surface area contributed by atoms with E-state index in [9.17, 15) is 9.59 Å². The summed E-state index contributed by atoms with van der Waals surface area (Å²) in [5.41, 5.74) is 1.08. The number of thioether (sulfide) groups is 1. The summed E-state index contributed by atoms with van der Waals surface area (Å²) in [6, 6.07) is 18.4. The molecule has 0 bridgehead atoms. The van der Waals surface area contributed by atoms with Crippen LogP contribution in [0.5, 0.6) is 0 Å². The molecule has 0 saturated heterocycles. The number of esters is 1. The molecule has 1 atom stereocenters. The van der Waals surface area contributed by atoms with E-state index in [4.69, 9.17) is 39.5 Å². The van der Waals surface area contributed by atoms with Crippen LogP contribution >= 0.6 is 46.6 Å². The SMILES string of the molecule is CSc1ccc(Cl)c(C(=O)O[C@@H](C(=O)Nc2cc(Cl)cc(Cl)c2)c2ccccc2)c1. The molecule has 0 fully saturated rings. The molecule has 0 spiro atoms. The van der Waals surface area contributed by atoms with Gasteiger partial charge in [-0.1, -0.05) is 65.1 Å². The maximum atomic E-state index is 13.0. The Kier molecular flexibility index (Phi) is 7.67. The van der Waals surface area contributed by atoms with Crippen LogP contribution in [0, 0.1) is 0 Å². The summed E-state index contributed by atoms with van der Waals surface area (Å²) in [5, 5.41) is 3.67. The molecular weight excluding hydrogens is 465 g/mol. The van der Waals surface area contributed by atoms with Gasteiger partial charge in [0.1, 0.15) is 0 Å². The fraction of sp³-hybridized carbons (Fsp3) is 0.0909. The first-order chi connectivity index (χ1) is 14.4. The van der Waals surface area contributed by atoms with Gasteiger partial charge in [-0.3, -0.25) is 4.79 Å². The lowest BCUT2D eigenvalue weighted by atomic mass is 10.1. The van der Waals surface area contributed by atoms with Gasteiger partial charge in [0.05, 0.1) is 10.6 Å². The van der Waals surface area contributed by atoms with Crippen LogP contribution in [0.1, 0.15) is 22.0 Å². The molecule has 0 saturated carbocycles. The Morgan fingerprint density at radius 2 is 1.60 bits per heavy atom. The Bertz CT molecular complexity index is 1060. The number of rotatable bonds is 6. The normalized spacial score (nSPS) is 11.6. The predicted octanol–water partition coefficient (Wildman–Crippen LogP) is 6.91. The summed E-state index contributed by atoms with van der Waals surface area (Å²) < 4.78 is 5.59. The number of hydrogen-bond donors (Lipinski definition) is 1. The first-order valence-electron chi connectivity index (χ1n) is 8.74. The largest absolute Gasteiger partial charge is 0.444 e. The third kappa shape index (κ3) is 5.70. The van der Waals surface area contributed by atoms with Crippen LogP contribution in [-0.4, -0.2) is 18.1 Å². The van der Waals surface area contributed by atoms with Crippen LogP contribution in [0.2, 0.25) is 15.1 Å². The number of amides is 1. The summed E-state index contributed by atoms with van der Waals surface area (Å²) in [6.07, 6.45) is 0.680. The molecule has 154 valence electrons. The second-order valence-electron chi connectivity index (χ2n) is 6.19. The molecular formula is C22H16Cl3NO3S. The molecule has 0 aromatic heterocycles. The maximum absolute atomic E-state index is 13.0. The van der Waals surface area contributed by atoms with Gasteiger partial charge in [0.25, 0.3) is 5.91 Å². The lowest BCUT2D eigenvalue weighted by Gasteiger charge is -2.19. The molecule has 1 N–H and O–H groups in total. The van der Waals surface area contributed by atoms with Crippen molar-refractivity contribution in [3.63, 3.8) is 0 Å². The van der Waals surface area contributed by atoms with Crippen molar-refractivity contribution in [2.75, 3.05) is 11.6 Å². The molecule has 0 aliphatic heterocycles. The number of benzene rings is 3. The zero-order valence-electron chi connectivity index (χ0n) is 15.7. The number of halogens is 3. The van der Waals surface area contributed by atoms with Gasteiger partial charge in [-0.25, -0.2) is 4.79 Å². The highest BCUT2D eigenvalue weighted by Crippen LogP contribution is 2.28. The van der Waals surface area contributed by atoms with E-state index in [-0.39, 0.29) is 10.6 Å². The van der Waals surface area contributed by atoms with E-state index in [2.05, 4.69) is 5.32 Å². The van der Waals surface area contributed by atoms with Crippen molar-refractivity contribution < 1.29 is 14.3 Å². The predicted molar refractivity (Wildman–Crippen MR) is 123 cm³/mol. The Balaban J connectivity index is 1.89. The molecule has 0 heterocycles. The summed E-state index contributed by atoms with van der Waals surface area (Å²) in [6.45, 7) is 0. The van der Waals surface area contributed by atoms with Gasteiger partial charge in [0.2, 0.25) is 6.10 Å². The van der Waals surface area contributed by atoms with E-state index < -0.39 is 18.0 Å². The number of hydrogen-bond acceptors (Lipinski definition) is 4. The minimum atomic E-state index is -1.20. The highest BCUT2D eigenvalue weighted by atomic mass is 35.5. The zero-order chi connectivity index (χ0) is 21.7. The van der Waals surface area contributed by atoms with Crippen LogP contribution in [0.25, 0.3) is 0 Å². The van der Waals surface area contributed by atoms with E-state index in [1.807, 2.05) is 6.26 Å². The summed E-state index contributed by atoms with van der Waals surface area (Å²) >= 11 is 19.7. The third-order valence-electron chi connectivity index (χ3n) is 4.09. The number of anilines is 1. The lowest BCUT2D eigenvalue weighted by molar-refractivity contribution is -0.125. The van der Waals surface area contributed by atoms with Crippen molar-refractivity contribution in [2.45, 2.75) is 11.0 Å². The quantitative estimate of drug-likeness (QED) is 0.308. The number of nitrogens with one attached hydrogen (secondary N) is 1. The molecule has 0 aliphatic carbocycles. The van der Waals surface area contributed by atoms with E-state index in [0.29, 0.717) is 21.3 Å². The van der Waals surface area contributed by atoms with Crippen molar-refractivity contribution >= 4 is 64.1 Å². The highest BCUT2D eigenvalue weighted by Gasteiger charge is 2.27. The standard InChI is InChI=1S/C22H16Cl3NO3S/c1-30-17-7-8-19(25)18(12-17)22(28)29-20(13-5-3-2-4-6-13)21(27)26-16-10-14(23)9-15(24)11-16/h2-12,20H,1H3,(H,26,27)/t20-/m1/s1. The molecule has 3 rings (SSSR count). The maximum Gasteiger partial charge on any atom is 0.340 e. The highest BCUT2D eigenvalue weighted by molar-refractivity contribution is 7.98. The molecule has 0 radical (unpaired) electrons. The lowest BCUT2D eigenvalue weighted by Crippen LogP contribution is -2.26. The molecule has 0 aliphatic rings. The monoisotopic (exact) mass is 479 g/mol. The second-order valence-corrected chi connectivity index (χ2v) is 8.35. The number of carbonyl (C=O) groups excluding carboxylic acids is 2. The summed E-state index contributed by atoms with van der Waals surface area (Å²) in [7, 11) is 0. The number of carbonyl (C=O) groups is 2. The molecule has 30 heavy (non-hydrogen) atoms. The smallest absolute Gasteiger partial charge is 0.340 e. The van der Waals surface area contributed by atoms with Gasteiger partial charge < -0.3 is 10.1 Å². The van der Waals surface area contributed by atoms with Gasteiger partial charge >= 0.3 is 5.97 Å². The molecule has 0 unspecified atom stereocenters. The van der Waals surface area contributed by atoms with E-state index in [1.54, 1.807) is 66.7 Å². The van der Waals surface area contributed by atoms with Gasteiger partial charge in [-0.05, 0) is 42.7 Å². The van der Waals surface area contributed by atoms with Gasteiger partial charge in [0.15, 0.2) is 0 Å². The van der Waals surface area contributed by atoms with Crippen molar-refractivity contribution in [3.8, 4) is 0 Å². The zero-order valence-corrected chi connectivity index (χ0v) is 18.8. The average molecular weight is 481 g/mol. The van der Waals surface area contributed by atoms with Crippen LogP contribution in [0.15, 0.2) is 71.6 Å². The average Bonchev–Trinajstić information content (AvgIpc) is 2.72. The van der Waals surface area contributed by atoms with Crippen LogP contribution < -0.4 is 5.32 Å². The van der Waals surface area contributed by atoms with Crippen LogP contribution in [0.3, 0.4) is 0 Å². The summed E-state index contributed by atoms with van der Waals surface area (Å²) in [4.78, 5) is 26.7. The van der Waals surface area contributed by atoms with Crippen LogP contribution in [0.4, 0.5) is 5.69 Å². The van der Waals surface area contributed by atoms with Crippen molar-refractivity contribution in [2.24, 2.45) is 0 Å². The fourth-order valence-electron chi connectivity index (χ4n) is 2.69. The first kappa shape index (κ1) is 22.5. The Hall–Kier alpha value is -2.18. The molecule has 3 aromatic rings. The number of ether oxygens (including phenoxy) is 1. The molecule has 1 amide bonds. The third-order valence-corrected chi connectivity index (χ3v) is 5.58.